The second-order valence-corrected chi connectivity index (χ2v) is 9.88. The number of hydrogen-bond donors (Lipinski definition) is 2. The van der Waals surface area contributed by atoms with Gasteiger partial charge in [0.25, 0.3) is 0 Å². The predicted octanol–water partition coefficient (Wildman–Crippen LogP) is 4.40. The molecule has 0 radical (unpaired) electrons. The summed E-state index contributed by atoms with van der Waals surface area (Å²) in [7, 11) is 0. The normalized spacial score (nSPS) is 55.8. The van der Waals surface area contributed by atoms with Crippen molar-refractivity contribution < 1.29 is 15.0 Å². The maximum atomic E-state index is 12.2. The second kappa shape index (κ2) is 5.09. The molecule has 0 aromatic rings. The van der Waals surface area contributed by atoms with E-state index in [-0.39, 0.29) is 16.6 Å². The molecule has 3 nitrogen and oxygen atoms in total. The maximum absolute atomic E-state index is 12.2. The van der Waals surface area contributed by atoms with E-state index in [4.69, 9.17) is 0 Å². The second-order valence-electron chi connectivity index (χ2n) is 9.88. The molecule has 134 valence electrons. The van der Waals surface area contributed by atoms with Gasteiger partial charge in [0.1, 0.15) is 0 Å². The number of carbonyl (C=O) groups excluding carboxylic acids is 1. The van der Waals surface area contributed by atoms with Crippen molar-refractivity contribution >= 4 is 5.78 Å². The molecule has 4 aliphatic carbocycles. The minimum atomic E-state index is -0.529. The Morgan fingerprint density at radius 2 is 1.75 bits per heavy atom. The summed E-state index contributed by atoms with van der Waals surface area (Å²) in [6.07, 6.45) is 9.11. The van der Waals surface area contributed by atoms with Crippen molar-refractivity contribution in [1.82, 2.24) is 0 Å². The zero-order valence-corrected chi connectivity index (χ0v) is 15.3. The third-order valence-electron chi connectivity index (χ3n) is 9.14. The number of fused-ring (bicyclic) bond motifs is 5. The molecule has 4 rings (SSSR count). The molecule has 24 heavy (non-hydrogen) atoms. The van der Waals surface area contributed by atoms with Gasteiger partial charge in [0.15, 0.2) is 5.78 Å². The summed E-state index contributed by atoms with van der Waals surface area (Å²) in [5.41, 5.74) is 0.304. The number of rotatable bonds is 0. The largest absolute Gasteiger partial charge is 0.515 e. The summed E-state index contributed by atoms with van der Waals surface area (Å²) in [5, 5.41) is 20.5. The average molecular weight is 332 g/mol. The van der Waals surface area contributed by atoms with Crippen LogP contribution in [-0.4, -0.2) is 21.6 Å². The Labute approximate surface area is 145 Å². The topological polar surface area (TPSA) is 57.5 Å². The Morgan fingerprint density at radius 3 is 2.46 bits per heavy atom. The molecule has 4 saturated carbocycles. The summed E-state index contributed by atoms with van der Waals surface area (Å²) in [6.45, 7) is 6.74. The predicted molar refractivity (Wildman–Crippen MR) is 93.5 cm³/mol. The molecule has 0 saturated heterocycles. The van der Waals surface area contributed by atoms with Gasteiger partial charge in [-0.1, -0.05) is 13.8 Å². The first-order chi connectivity index (χ1) is 11.2. The van der Waals surface area contributed by atoms with Crippen molar-refractivity contribution in [2.45, 2.75) is 77.7 Å². The minimum absolute atomic E-state index is 0.0531. The fraction of sp³-hybridized carbons (Fsp3) is 0.857. The molecule has 0 bridgehead atoms. The summed E-state index contributed by atoms with van der Waals surface area (Å²) >= 11 is 0. The lowest BCUT2D eigenvalue weighted by atomic mass is 9.44. The third kappa shape index (κ3) is 1.97. The number of carbonyl (C=O) groups is 1. The Kier molecular flexibility index (Phi) is 3.53. The van der Waals surface area contributed by atoms with Gasteiger partial charge in [-0.05, 0) is 86.4 Å². The lowest BCUT2D eigenvalue weighted by Gasteiger charge is -2.61. The highest BCUT2D eigenvalue weighted by Crippen LogP contribution is 2.68. The molecule has 4 fully saturated rings. The van der Waals surface area contributed by atoms with Crippen LogP contribution < -0.4 is 0 Å². The quantitative estimate of drug-likeness (QED) is 0.510. The van der Waals surface area contributed by atoms with Crippen LogP contribution >= 0.6 is 0 Å². The van der Waals surface area contributed by atoms with Gasteiger partial charge in [-0.15, -0.1) is 0 Å². The fourth-order valence-corrected chi connectivity index (χ4v) is 7.37. The molecule has 0 amide bonds. The van der Waals surface area contributed by atoms with Gasteiger partial charge in [0, 0.05) is 12.0 Å². The minimum Gasteiger partial charge on any atom is -0.515 e. The smallest absolute Gasteiger partial charge is 0.162 e. The van der Waals surface area contributed by atoms with E-state index in [9.17, 15) is 15.0 Å². The first-order valence-corrected chi connectivity index (χ1v) is 9.82. The molecule has 0 aromatic heterocycles. The monoisotopic (exact) mass is 332 g/mol. The zero-order valence-electron chi connectivity index (χ0n) is 15.3. The average Bonchev–Trinajstić information content (AvgIpc) is 2.77. The van der Waals surface area contributed by atoms with Crippen molar-refractivity contribution in [2.24, 2.45) is 34.5 Å². The standard InChI is InChI=1S/C21H32O3/c1-19-11-13(12-22)18(23)10-14(19)4-5-15-16(19)6-8-20(2)17(15)7-9-21(20,3)24/h12,14-17,22,24H,4-11H2,1-3H3. The number of ketones is 1. The van der Waals surface area contributed by atoms with Crippen LogP contribution in [0.2, 0.25) is 0 Å². The van der Waals surface area contributed by atoms with Crippen molar-refractivity contribution in [3.63, 3.8) is 0 Å². The van der Waals surface area contributed by atoms with Crippen LogP contribution in [0, 0.1) is 34.5 Å². The Balaban J connectivity index is 1.67. The van der Waals surface area contributed by atoms with Gasteiger partial charge < -0.3 is 10.2 Å². The number of aliphatic hydroxyl groups excluding tert-OH is 1. The van der Waals surface area contributed by atoms with Crippen LogP contribution in [0.3, 0.4) is 0 Å². The molecule has 0 spiro atoms. The van der Waals surface area contributed by atoms with Crippen molar-refractivity contribution in [2.75, 3.05) is 0 Å². The number of aliphatic hydroxyl groups is 2. The number of allylic oxidation sites excluding steroid dienone is 1. The van der Waals surface area contributed by atoms with Crippen molar-refractivity contribution in [3.8, 4) is 0 Å². The molecule has 7 unspecified atom stereocenters. The van der Waals surface area contributed by atoms with E-state index >= 15 is 0 Å². The van der Waals surface area contributed by atoms with Crippen LogP contribution in [0.15, 0.2) is 11.8 Å². The molecule has 4 aliphatic rings. The molecule has 0 aliphatic heterocycles. The van der Waals surface area contributed by atoms with Crippen LogP contribution in [0.5, 0.6) is 0 Å². The van der Waals surface area contributed by atoms with E-state index in [1.54, 1.807) is 0 Å². The van der Waals surface area contributed by atoms with E-state index in [0.717, 1.165) is 44.8 Å². The van der Waals surface area contributed by atoms with E-state index in [2.05, 4.69) is 13.8 Å². The Morgan fingerprint density at radius 1 is 1.04 bits per heavy atom. The fourth-order valence-electron chi connectivity index (χ4n) is 7.37. The summed E-state index contributed by atoms with van der Waals surface area (Å²) in [4.78, 5) is 12.2. The van der Waals surface area contributed by atoms with Gasteiger partial charge in [0.05, 0.1) is 11.9 Å². The lowest BCUT2D eigenvalue weighted by Crippen LogP contribution is -2.56. The molecule has 2 N–H and O–H groups in total. The van der Waals surface area contributed by atoms with Crippen molar-refractivity contribution in [3.05, 3.63) is 11.8 Å². The summed E-state index contributed by atoms with van der Waals surface area (Å²) < 4.78 is 0. The van der Waals surface area contributed by atoms with Crippen molar-refractivity contribution in [1.29, 1.82) is 0 Å². The van der Waals surface area contributed by atoms with Gasteiger partial charge in [-0.3, -0.25) is 4.79 Å². The molecule has 7 atom stereocenters. The van der Waals surface area contributed by atoms with E-state index in [1.807, 2.05) is 6.92 Å². The highest BCUT2D eigenvalue weighted by atomic mass is 16.3. The van der Waals surface area contributed by atoms with Gasteiger partial charge >= 0.3 is 0 Å². The lowest BCUT2D eigenvalue weighted by molar-refractivity contribution is -0.147. The highest BCUT2D eigenvalue weighted by Gasteiger charge is 2.63. The van der Waals surface area contributed by atoms with E-state index in [1.165, 1.54) is 6.42 Å². The Bertz CT molecular complexity index is 592. The van der Waals surface area contributed by atoms with Gasteiger partial charge in [0.2, 0.25) is 0 Å². The van der Waals surface area contributed by atoms with Crippen LogP contribution in [0.25, 0.3) is 0 Å². The molecular formula is C21H32O3. The highest BCUT2D eigenvalue weighted by molar-refractivity contribution is 5.96. The Hall–Kier alpha value is -0.830. The van der Waals surface area contributed by atoms with Crippen LogP contribution in [0.4, 0.5) is 0 Å². The van der Waals surface area contributed by atoms with E-state index < -0.39 is 5.60 Å². The number of Topliss-reactive ketones (excluding diaryl/α,β-unsaturated/α-hetero) is 1. The first kappa shape index (κ1) is 16.6. The molecule has 3 heteroatoms. The number of hydrogen-bond acceptors (Lipinski definition) is 3. The van der Waals surface area contributed by atoms with Crippen LogP contribution in [0.1, 0.15) is 72.1 Å². The third-order valence-corrected chi connectivity index (χ3v) is 9.14. The van der Waals surface area contributed by atoms with E-state index in [0.29, 0.717) is 35.7 Å². The van der Waals surface area contributed by atoms with Crippen LogP contribution in [-0.2, 0) is 4.79 Å². The zero-order chi connectivity index (χ0) is 17.3. The first-order valence-electron chi connectivity index (χ1n) is 9.82. The summed E-state index contributed by atoms with van der Waals surface area (Å²) in [5.74, 6) is 2.55. The molecule has 0 aromatic carbocycles. The SMILES string of the molecule is CC12CC(=CO)C(=O)CC1CCC1C2CCC2(C)C1CCC2(C)O. The molecular weight excluding hydrogens is 300 g/mol. The molecule has 0 heterocycles. The van der Waals surface area contributed by atoms with Gasteiger partial charge in [-0.2, -0.15) is 0 Å². The summed E-state index contributed by atoms with van der Waals surface area (Å²) in [6, 6.07) is 0. The maximum Gasteiger partial charge on any atom is 0.162 e. The van der Waals surface area contributed by atoms with Gasteiger partial charge in [-0.25, -0.2) is 0 Å².